The number of nitrogens with one attached hydrogen (secondary N) is 1. The maximum Gasteiger partial charge on any atom is 0.234 e. The molecule has 0 radical (unpaired) electrons. The average molecular weight is 345 g/mol. The summed E-state index contributed by atoms with van der Waals surface area (Å²) in [5, 5.41) is 3.51. The molecule has 2 rings (SSSR count). The molecule has 0 aliphatic heterocycles. The molecule has 0 heterocycles. The smallest absolute Gasteiger partial charge is 0.234 e. The van der Waals surface area contributed by atoms with Gasteiger partial charge in [-0.1, -0.05) is 23.2 Å². The Labute approximate surface area is 135 Å². The van der Waals surface area contributed by atoms with E-state index in [4.69, 9.17) is 28.9 Å². The van der Waals surface area contributed by atoms with Crippen molar-refractivity contribution in [2.24, 2.45) is 0 Å². The molecule has 0 fully saturated rings. The molecule has 0 aliphatic carbocycles. The normalized spacial score (nSPS) is 10.4. The van der Waals surface area contributed by atoms with Crippen molar-refractivity contribution in [2.45, 2.75) is 4.90 Å². The number of hydrogen-bond acceptors (Lipinski definition) is 3. The molecule has 21 heavy (non-hydrogen) atoms. The minimum atomic E-state index is -0.398. The Morgan fingerprint density at radius 3 is 2.76 bits per heavy atom. The Kier molecular flexibility index (Phi) is 5.33. The van der Waals surface area contributed by atoms with Crippen LogP contribution in [-0.4, -0.2) is 11.7 Å². The molecule has 0 unspecified atom stereocenters. The van der Waals surface area contributed by atoms with E-state index < -0.39 is 5.82 Å². The molecule has 110 valence electrons. The first-order valence-corrected chi connectivity index (χ1v) is 7.62. The van der Waals surface area contributed by atoms with Gasteiger partial charge in [-0.25, -0.2) is 4.39 Å². The molecule has 2 aromatic rings. The number of thioether (sulfide) groups is 1. The van der Waals surface area contributed by atoms with Crippen LogP contribution >= 0.6 is 35.0 Å². The van der Waals surface area contributed by atoms with Crippen LogP contribution in [0.5, 0.6) is 0 Å². The summed E-state index contributed by atoms with van der Waals surface area (Å²) in [4.78, 5) is 12.4. The van der Waals surface area contributed by atoms with E-state index in [1.54, 1.807) is 18.2 Å². The fourth-order valence-corrected chi connectivity index (χ4v) is 2.68. The average Bonchev–Trinajstić information content (AvgIpc) is 2.44. The van der Waals surface area contributed by atoms with E-state index in [0.717, 1.165) is 11.8 Å². The first kappa shape index (κ1) is 15.9. The van der Waals surface area contributed by atoms with Gasteiger partial charge in [0, 0.05) is 15.6 Å². The lowest BCUT2D eigenvalue weighted by Gasteiger charge is -2.08. The van der Waals surface area contributed by atoms with Crippen molar-refractivity contribution in [1.29, 1.82) is 0 Å². The minimum Gasteiger partial charge on any atom is -0.398 e. The second-order valence-electron chi connectivity index (χ2n) is 4.14. The second-order valence-corrected chi connectivity index (χ2v) is 6.00. The van der Waals surface area contributed by atoms with Gasteiger partial charge in [0.05, 0.1) is 16.5 Å². The van der Waals surface area contributed by atoms with Crippen molar-refractivity contribution in [3.8, 4) is 0 Å². The highest BCUT2D eigenvalue weighted by molar-refractivity contribution is 8.00. The number of carbonyl (C=O) groups is 1. The quantitative estimate of drug-likeness (QED) is 0.636. The largest absolute Gasteiger partial charge is 0.398 e. The molecule has 0 atom stereocenters. The van der Waals surface area contributed by atoms with Crippen molar-refractivity contribution in [2.75, 3.05) is 16.8 Å². The molecule has 0 bridgehead atoms. The number of halogens is 3. The predicted octanol–water partition coefficient (Wildman–Crippen LogP) is 4.45. The van der Waals surface area contributed by atoms with Gasteiger partial charge in [-0.3, -0.25) is 4.79 Å². The van der Waals surface area contributed by atoms with Gasteiger partial charge in [0.25, 0.3) is 0 Å². The lowest BCUT2D eigenvalue weighted by Crippen LogP contribution is -2.14. The maximum atomic E-state index is 13.1. The van der Waals surface area contributed by atoms with E-state index in [-0.39, 0.29) is 11.7 Å². The number of rotatable bonds is 4. The highest BCUT2D eigenvalue weighted by atomic mass is 35.5. The SMILES string of the molecule is Nc1ccc(F)cc1SCC(=O)Nc1cc(Cl)ccc1Cl. The molecule has 1 amide bonds. The molecular weight excluding hydrogens is 334 g/mol. The topological polar surface area (TPSA) is 55.1 Å². The fraction of sp³-hybridized carbons (Fsp3) is 0.0714. The molecule has 0 spiro atoms. The number of carbonyl (C=O) groups excluding carboxylic acids is 1. The number of anilines is 2. The minimum absolute atomic E-state index is 0.0799. The van der Waals surface area contributed by atoms with Crippen molar-refractivity contribution >= 4 is 52.2 Å². The third kappa shape index (κ3) is 4.52. The molecule has 0 saturated heterocycles. The monoisotopic (exact) mass is 344 g/mol. The zero-order valence-electron chi connectivity index (χ0n) is 10.7. The summed E-state index contributed by atoms with van der Waals surface area (Å²) in [6.45, 7) is 0. The summed E-state index contributed by atoms with van der Waals surface area (Å²) in [5.41, 5.74) is 6.57. The Balaban J connectivity index is 1.99. The summed E-state index contributed by atoms with van der Waals surface area (Å²) >= 11 is 12.9. The Morgan fingerprint density at radius 2 is 2.00 bits per heavy atom. The third-order valence-electron chi connectivity index (χ3n) is 2.54. The first-order chi connectivity index (χ1) is 9.95. The molecule has 2 aromatic carbocycles. The molecule has 0 aliphatic rings. The fourth-order valence-electron chi connectivity index (χ4n) is 1.56. The van der Waals surface area contributed by atoms with Crippen LogP contribution in [0.4, 0.5) is 15.8 Å². The van der Waals surface area contributed by atoms with Crippen LogP contribution in [0.15, 0.2) is 41.3 Å². The summed E-state index contributed by atoms with van der Waals surface area (Å²) in [7, 11) is 0. The number of benzene rings is 2. The van der Waals surface area contributed by atoms with Gasteiger partial charge in [-0.2, -0.15) is 0 Å². The van der Waals surface area contributed by atoms with Crippen molar-refractivity contribution in [3.63, 3.8) is 0 Å². The van der Waals surface area contributed by atoms with Crippen LogP contribution in [0.3, 0.4) is 0 Å². The Bertz CT molecular complexity index is 682. The van der Waals surface area contributed by atoms with Crippen molar-refractivity contribution in [1.82, 2.24) is 0 Å². The molecule has 0 aromatic heterocycles. The Morgan fingerprint density at radius 1 is 1.24 bits per heavy atom. The van der Waals surface area contributed by atoms with Gasteiger partial charge >= 0.3 is 0 Å². The van der Waals surface area contributed by atoms with Crippen LogP contribution in [0, 0.1) is 5.82 Å². The van der Waals surface area contributed by atoms with E-state index >= 15 is 0 Å². The summed E-state index contributed by atoms with van der Waals surface area (Å²) in [6, 6.07) is 8.80. The van der Waals surface area contributed by atoms with Crippen molar-refractivity contribution < 1.29 is 9.18 Å². The van der Waals surface area contributed by atoms with Crippen LogP contribution in [0.25, 0.3) is 0 Å². The van der Waals surface area contributed by atoms with E-state index in [1.807, 2.05) is 0 Å². The van der Waals surface area contributed by atoms with E-state index in [9.17, 15) is 9.18 Å². The number of amides is 1. The highest BCUT2D eigenvalue weighted by Crippen LogP contribution is 2.28. The lowest BCUT2D eigenvalue weighted by molar-refractivity contribution is -0.113. The second kappa shape index (κ2) is 7.02. The number of hydrogen-bond donors (Lipinski definition) is 2. The van der Waals surface area contributed by atoms with E-state index in [2.05, 4.69) is 5.32 Å². The summed E-state index contributed by atoms with van der Waals surface area (Å²) in [6.07, 6.45) is 0. The standard InChI is InChI=1S/C14H11Cl2FN2OS/c15-8-1-3-10(16)12(5-8)19-14(20)7-21-13-6-9(17)2-4-11(13)18/h1-6H,7,18H2,(H,19,20). The van der Waals surface area contributed by atoms with Crippen LogP contribution in [0.1, 0.15) is 0 Å². The van der Waals surface area contributed by atoms with Gasteiger partial charge in [0.1, 0.15) is 5.82 Å². The zero-order valence-corrected chi connectivity index (χ0v) is 13.0. The first-order valence-electron chi connectivity index (χ1n) is 5.88. The predicted molar refractivity (Wildman–Crippen MR) is 86.6 cm³/mol. The number of nitrogens with two attached hydrogens (primary N) is 1. The molecule has 3 N–H and O–H groups in total. The van der Waals surface area contributed by atoms with Crippen LogP contribution in [0.2, 0.25) is 10.0 Å². The highest BCUT2D eigenvalue weighted by Gasteiger charge is 2.09. The van der Waals surface area contributed by atoms with Crippen LogP contribution in [-0.2, 0) is 4.79 Å². The molecule has 0 saturated carbocycles. The van der Waals surface area contributed by atoms with Crippen LogP contribution < -0.4 is 11.1 Å². The molecule has 7 heteroatoms. The van der Waals surface area contributed by atoms with E-state index in [1.165, 1.54) is 18.2 Å². The number of nitrogen functional groups attached to an aromatic ring is 1. The van der Waals surface area contributed by atoms with Gasteiger partial charge in [-0.15, -0.1) is 11.8 Å². The van der Waals surface area contributed by atoms with Gasteiger partial charge < -0.3 is 11.1 Å². The van der Waals surface area contributed by atoms with Gasteiger partial charge in [0.15, 0.2) is 0 Å². The Hall–Kier alpha value is -1.43. The lowest BCUT2D eigenvalue weighted by atomic mass is 10.3. The summed E-state index contributed by atoms with van der Waals surface area (Å²) in [5.74, 6) is -0.603. The molecular formula is C14H11Cl2FN2OS. The summed E-state index contributed by atoms with van der Waals surface area (Å²) < 4.78 is 13.1. The third-order valence-corrected chi connectivity index (χ3v) is 4.17. The van der Waals surface area contributed by atoms with Gasteiger partial charge in [-0.05, 0) is 36.4 Å². The van der Waals surface area contributed by atoms with E-state index in [0.29, 0.717) is 26.3 Å². The molecule has 3 nitrogen and oxygen atoms in total. The van der Waals surface area contributed by atoms with Gasteiger partial charge in [0.2, 0.25) is 5.91 Å². The zero-order chi connectivity index (χ0) is 15.4. The van der Waals surface area contributed by atoms with Crippen molar-refractivity contribution in [3.05, 3.63) is 52.3 Å². The maximum absolute atomic E-state index is 13.1.